The molecule has 7 nitrogen and oxygen atoms in total. The first-order chi connectivity index (χ1) is 13.5. The topological polar surface area (TPSA) is 84.2 Å². The van der Waals surface area contributed by atoms with E-state index in [1.54, 1.807) is 7.05 Å². The van der Waals surface area contributed by atoms with Crippen LogP contribution in [0.25, 0.3) is 0 Å². The van der Waals surface area contributed by atoms with Gasteiger partial charge in [-0.15, -0.1) is 0 Å². The number of rotatable bonds is 7. The largest absolute Gasteiger partial charge is 0.355 e. The van der Waals surface area contributed by atoms with Crippen LogP contribution in [0.2, 0.25) is 0 Å². The number of guanidine groups is 1. The van der Waals surface area contributed by atoms with Crippen molar-refractivity contribution < 1.29 is 4.21 Å². The number of fused-ring (bicyclic) bond motifs is 1. The molecule has 0 spiro atoms. The fourth-order valence-corrected chi connectivity index (χ4v) is 4.23. The maximum atomic E-state index is 12.3. The van der Waals surface area contributed by atoms with E-state index in [0.29, 0.717) is 24.0 Å². The highest BCUT2D eigenvalue weighted by Crippen LogP contribution is 2.16. The Morgan fingerprint density at radius 1 is 1.36 bits per heavy atom. The van der Waals surface area contributed by atoms with Crippen molar-refractivity contribution in [2.24, 2.45) is 4.99 Å². The van der Waals surface area contributed by atoms with Crippen LogP contribution in [-0.4, -0.2) is 50.3 Å². The van der Waals surface area contributed by atoms with Gasteiger partial charge in [0.05, 0.1) is 6.54 Å². The zero-order chi connectivity index (χ0) is 19.9. The van der Waals surface area contributed by atoms with E-state index in [2.05, 4.69) is 39.6 Å². The molecule has 0 radical (unpaired) electrons. The highest BCUT2D eigenvalue weighted by atomic mass is 32.2. The molecule has 2 atom stereocenters. The van der Waals surface area contributed by atoms with Crippen molar-refractivity contribution >= 4 is 16.8 Å². The molecular weight excluding hydrogens is 372 g/mol. The van der Waals surface area contributed by atoms with Gasteiger partial charge >= 0.3 is 0 Å². The third-order valence-corrected chi connectivity index (χ3v) is 6.06. The van der Waals surface area contributed by atoms with Crippen molar-refractivity contribution in [1.82, 2.24) is 25.4 Å². The maximum absolute atomic E-state index is 12.3. The van der Waals surface area contributed by atoms with Crippen LogP contribution in [0.15, 0.2) is 35.3 Å². The highest BCUT2D eigenvalue weighted by molar-refractivity contribution is 7.84. The van der Waals surface area contributed by atoms with E-state index < -0.39 is 10.8 Å². The second kappa shape index (κ2) is 9.82. The molecule has 0 bridgehead atoms. The van der Waals surface area contributed by atoms with Crippen molar-refractivity contribution in [2.75, 3.05) is 19.3 Å². The summed E-state index contributed by atoms with van der Waals surface area (Å²) in [5.74, 6) is 4.25. The molecule has 1 aromatic carbocycles. The lowest BCUT2D eigenvalue weighted by Crippen LogP contribution is -2.47. The molecule has 28 heavy (non-hydrogen) atoms. The SMILES string of the molecule is CN=C(NCCS(=O)Cc1ccccc1)NC1CCc2nc(C(C)C)nn2C1. The summed E-state index contributed by atoms with van der Waals surface area (Å²) in [7, 11) is 0.865. The van der Waals surface area contributed by atoms with Crippen molar-refractivity contribution in [3.05, 3.63) is 47.5 Å². The molecular formula is C20H30N6OS. The van der Waals surface area contributed by atoms with E-state index in [1.165, 1.54) is 0 Å². The van der Waals surface area contributed by atoms with Gasteiger partial charge in [0.2, 0.25) is 0 Å². The number of hydrogen-bond acceptors (Lipinski definition) is 4. The van der Waals surface area contributed by atoms with Gasteiger partial charge in [-0.05, 0) is 12.0 Å². The van der Waals surface area contributed by atoms with E-state index in [0.717, 1.165) is 42.6 Å². The standard InChI is InChI=1S/C20H30N6OS/c1-15(2)19-24-18-10-9-17(13-26(18)25-19)23-20(21-3)22-11-12-28(27)14-16-7-5-4-6-8-16/h4-8,15,17H,9-14H2,1-3H3,(H2,21,22,23). The third kappa shape index (κ3) is 5.64. The molecule has 0 aliphatic carbocycles. The Bertz CT molecular complexity index is 817. The summed E-state index contributed by atoms with van der Waals surface area (Å²) in [4.78, 5) is 8.93. The second-order valence-corrected chi connectivity index (χ2v) is 8.95. The van der Waals surface area contributed by atoms with Gasteiger partial charge in [0.25, 0.3) is 0 Å². The van der Waals surface area contributed by atoms with Crippen LogP contribution in [0.3, 0.4) is 0 Å². The third-order valence-electron chi connectivity index (χ3n) is 4.75. The Morgan fingerprint density at radius 2 is 2.14 bits per heavy atom. The zero-order valence-corrected chi connectivity index (χ0v) is 17.7. The minimum Gasteiger partial charge on any atom is -0.355 e. The van der Waals surface area contributed by atoms with Gasteiger partial charge in [-0.3, -0.25) is 9.20 Å². The molecule has 0 fully saturated rings. The highest BCUT2D eigenvalue weighted by Gasteiger charge is 2.23. The van der Waals surface area contributed by atoms with Gasteiger partial charge in [0, 0.05) is 54.3 Å². The summed E-state index contributed by atoms with van der Waals surface area (Å²) in [5, 5.41) is 11.4. The van der Waals surface area contributed by atoms with Crippen molar-refractivity contribution in [2.45, 2.75) is 50.9 Å². The van der Waals surface area contributed by atoms with Crippen LogP contribution in [0, 0.1) is 0 Å². The Labute approximate surface area is 169 Å². The molecule has 0 saturated heterocycles. The molecule has 0 amide bonds. The number of aromatic nitrogens is 3. The van der Waals surface area contributed by atoms with Crippen LogP contribution < -0.4 is 10.6 Å². The van der Waals surface area contributed by atoms with Crippen LogP contribution in [0.1, 0.15) is 43.4 Å². The predicted molar refractivity (Wildman–Crippen MR) is 114 cm³/mol. The Balaban J connectivity index is 1.44. The molecule has 152 valence electrons. The molecule has 1 aromatic heterocycles. The number of hydrogen-bond donors (Lipinski definition) is 2. The first-order valence-electron chi connectivity index (χ1n) is 9.85. The fourth-order valence-electron chi connectivity index (χ4n) is 3.19. The number of aryl methyl sites for hydroxylation is 1. The van der Waals surface area contributed by atoms with Crippen molar-refractivity contribution in [3.63, 3.8) is 0 Å². The lowest BCUT2D eigenvalue weighted by Gasteiger charge is -2.25. The summed E-state index contributed by atoms with van der Waals surface area (Å²) in [6, 6.07) is 10.2. The minimum absolute atomic E-state index is 0.259. The van der Waals surface area contributed by atoms with E-state index in [4.69, 9.17) is 0 Å². The van der Waals surface area contributed by atoms with Gasteiger partial charge in [-0.25, -0.2) is 9.67 Å². The molecule has 3 rings (SSSR count). The molecule has 2 N–H and O–H groups in total. The number of benzene rings is 1. The summed E-state index contributed by atoms with van der Waals surface area (Å²) in [5.41, 5.74) is 1.11. The summed E-state index contributed by atoms with van der Waals surface area (Å²) < 4.78 is 14.3. The quantitative estimate of drug-likeness (QED) is 0.545. The first kappa shape index (κ1) is 20.5. The monoisotopic (exact) mass is 402 g/mol. The van der Waals surface area contributed by atoms with E-state index in [1.807, 2.05) is 35.0 Å². The molecule has 2 heterocycles. The summed E-state index contributed by atoms with van der Waals surface area (Å²) in [6.07, 6.45) is 1.91. The lowest BCUT2D eigenvalue weighted by atomic mass is 10.1. The van der Waals surface area contributed by atoms with Gasteiger partial charge in [0.1, 0.15) is 5.82 Å². The second-order valence-electron chi connectivity index (χ2n) is 7.38. The van der Waals surface area contributed by atoms with E-state index >= 15 is 0 Å². The summed E-state index contributed by atoms with van der Waals surface area (Å²) >= 11 is 0. The van der Waals surface area contributed by atoms with Crippen LogP contribution in [0.5, 0.6) is 0 Å². The average Bonchev–Trinajstić information content (AvgIpc) is 3.11. The van der Waals surface area contributed by atoms with Gasteiger partial charge in [-0.2, -0.15) is 5.10 Å². The van der Waals surface area contributed by atoms with Gasteiger partial charge in [0.15, 0.2) is 11.8 Å². The number of aliphatic imine (C=N–C) groups is 1. The molecule has 8 heteroatoms. The van der Waals surface area contributed by atoms with Crippen LogP contribution in [-0.2, 0) is 29.5 Å². The Morgan fingerprint density at radius 3 is 2.86 bits per heavy atom. The van der Waals surface area contributed by atoms with Crippen molar-refractivity contribution in [3.8, 4) is 0 Å². The number of nitrogens with one attached hydrogen (secondary N) is 2. The normalized spacial score (nSPS) is 18.0. The van der Waals surface area contributed by atoms with Crippen LogP contribution >= 0.6 is 0 Å². The lowest BCUT2D eigenvalue weighted by molar-refractivity contribution is 0.392. The van der Waals surface area contributed by atoms with Gasteiger partial charge < -0.3 is 10.6 Å². The van der Waals surface area contributed by atoms with Crippen molar-refractivity contribution in [1.29, 1.82) is 0 Å². The predicted octanol–water partition coefficient (Wildman–Crippen LogP) is 1.83. The smallest absolute Gasteiger partial charge is 0.191 e. The molecule has 2 aromatic rings. The van der Waals surface area contributed by atoms with Gasteiger partial charge in [-0.1, -0.05) is 44.2 Å². The Kier molecular flexibility index (Phi) is 7.19. The fraction of sp³-hybridized carbons (Fsp3) is 0.550. The molecule has 2 unspecified atom stereocenters. The molecule has 0 saturated carbocycles. The Hall–Kier alpha value is -2.22. The average molecular weight is 403 g/mol. The number of nitrogens with zero attached hydrogens (tertiary/aromatic N) is 4. The maximum Gasteiger partial charge on any atom is 0.191 e. The first-order valence-corrected chi connectivity index (χ1v) is 11.3. The molecule has 1 aliphatic rings. The zero-order valence-electron chi connectivity index (χ0n) is 16.9. The van der Waals surface area contributed by atoms with E-state index in [9.17, 15) is 4.21 Å². The summed E-state index contributed by atoms with van der Waals surface area (Å²) in [6.45, 7) is 5.64. The van der Waals surface area contributed by atoms with Crippen LogP contribution in [0.4, 0.5) is 0 Å². The molecule has 1 aliphatic heterocycles. The van der Waals surface area contributed by atoms with E-state index in [-0.39, 0.29) is 6.04 Å². The minimum atomic E-state index is -0.895.